The van der Waals surface area contributed by atoms with Gasteiger partial charge in [-0.25, -0.2) is 4.79 Å². The molecule has 0 heterocycles. The highest BCUT2D eigenvalue weighted by Crippen LogP contribution is 2.25. The van der Waals surface area contributed by atoms with E-state index in [1.165, 1.54) is 0 Å². The predicted molar refractivity (Wildman–Crippen MR) is 107 cm³/mol. The molecule has 0 bridgehead atoms. The van der Waals surface area contributed by atoms with E-state index in [4.69, 9.17) is 15.2 Å². The molecule has 0 spiro atoms. The van der Waals surface area contributed by atoms with Gasteiger partial charge in [0.25, 0.3) is 0 Å². The molecule has 1 aromatic carbocycles. The summed E-state index contributed by atoms with van der Waals surface area (Å²) in [5.41, 5.74) is 5.90. The number of hydrogen-bond donors (Lipinski definition) is 2. The molecule has 0 aliphatic carbocycles. The number of nitrogen functional groups attached to an aromatic ring is 1. The average molecular weight is 429 g/mol. The predicted octanol–water partition coefficient (Wildman–Crippen LogP) is 4.28. The Morgan fingerprint density at radius 2 is 1.69 bits per heavy atom. The minimum Gasteiger partial charge on any atom is -0.460 e. The number of hydrogen-bond acceptors (Lipinski definition) is 6. The summed E-state index contributed by atoms with van der Waals surface area (Å²) in [6.45, 7) is 10.8. The van der Waals surface area contributed by atoms with Gasteiger partial charge in [-0.2, -0.15) is 0 Å². The van der Waals surface area contributed by atoms with Crippen molar-refractivity contribution < 1.29 is 19.1 Å². The molecule has 3 N–H and O–H groups in total. The molecule has 0 amide bonds. The van der Waals surface area contributed by atoms with Gasteiger partial charge in [0.15, 0.2) is 0 Å². The average Bonchev–Trinajstić information content (AvgIpc) is 2.41. The lowest BCUT2D eigenvalue weighted by Crippen LogP contribution is -2.37. The van der Waals surface area contributed by atoms with Crippen molar-refractivity contribution in [2.24, 2.45) is 0 Å². The summed E-state index contributed by atoms with van der Waals surface area (Å²) in [6, 6.07) is 4.61. The van der Waals surface area contributed by atoms with Crippen molar-refractivity contribution in [3.63, 3.8) is 0 Å². The van der Waals surface area contributed by atoms with E-state index in [9.17, 15) is 9.59 Å². The standard InChI is InChI=1S/C19H29BrN2O4/c1-18(2,3)25-16(23)10-9-15(17(24)26-19(4,5)6)22-14-8-7-12(20)11-13(14)21/h7-8,11,15,22H,9-10,21H2,1-6H3. The van der Waals surface area contributed by atoms with Gasteiger partial charge in [-0.1, -0.05) is 15.9 Å². The van der Waals surface area contributed by atoms with Gasteiger partial charge >= 0.3 is 11.9 Å². The minimum atomic E-state index is -0.717. The highest BCUT2D eigenvalue weighted by molar-refractivity contribution is 9.10. The van der Waals surface area contributed by atoms with E-state index in [2.05, 4.69) is 21.2 Å². The molecule has 0 saturated carbocycles. The summed E-state index contributed by atoms with van der Waals surface area (Å²) in [5.74, 6) is -0.806. The van der Waals surface area contributed by atoms with Crippen LogP contribution in [-0.2, 0) is 19.1 Å². The molecule has 1 unspecified atom stereocenters. The van der Waals surface area contributed by atoms with Gasteiger partial charge < -0.3 is 20.5 Å². The fourth-order valence-electron chi connectivity index (χ4n) is 2.13. The molecule has 1 atom stereocenters. The molecule has 146 valence electrons. The molecule has 0 fully saturated rings. The van der Waals surface area contributed by atoms with Crippen molar-refractivity contribution in [3.8, 4) is 0 Å². The second-order valence-corrected chi connectivity index (χ2v) is 9.00. The van der Waals surface area contributed by atoms with Crippen LogP contribution in [0.5, 0.6) is 0 Å². The van der Waals surface area contributed by atoms with E-state index in [1.807, 2.05) is 6.07 Å². The van der Waals surface area contributed by atoms with Crippen molar-refractivity contribution in [3.05, 3.63) is 22.7 Å². The van der Waals surface area contributed by atoms with Gasteiger partial charge in [0.2, 0.25) is 0 Å². The Hall–Kier alpha value is -1.76. The van der Waals surface area contributed by atoms with Crippen LogP contribution in [-0.4, -0.2) is 29.2 Å². The van der Waals surface area contributed by atoms with Crippen LogP contribution < -0.4 is 11.1 Å². The van der Waals surface area contributed by atoms with Crippen LogP contribution >= 0.6 is 15.9 Å². The molecule has 6 nitrogen and oxygen atoms in total. The fourth-order valence-corrected chi connectivity index (χ4v) is 2.51. The van der Waals surface area contributed by atoms with Gasteiger partial charge in [-0.05, 0) is 66.2 Å². The number of anilines is 2. The highest BCUT2D eigenvalue weighted by Gasteiger charge is 2.27. The summed E-state index contributed by atoms with van der Waals surface area (Å²) < 4.78 is 11.6. The lowest BCUT2D eigenvalue weighted by atomic mass is 10.1. The van der Waals surface area contributed by atoms with Gasteiger partial charge in [-0.15, -0.1) is 0 Å². The number of ether oxygens (including phenoxy) is 2. The summed E-state index contributed by atoms with van der Waals surface area (Å²) in [4.78, 5) is 24.6. The first-order valence-electron chi connectivity index (χ1n) is 8.53. The second kappa shape index (κ2) is 8.75. The topological polar surface area (TPSA) is 90.6 Å². The highest BCUT2D eigenvalue weighted by atomic mass is 79.9. The Kier molecular flexibility index (Phi) is 7.50. The number of nitrogens with one attached hydrogen (secondary N) is 1. The van der Waals surface area contributed by atoms with Crippen LogP contribution in [0.2, 0.25) is 0 Å². The van der Waals surface area contributed by atoms with Gasteiger partial charge in [0.05, 0.1) is 11.4 Å². The van der Waals surface area contributed by atoms with E-state index in [-0.39, 0.29) is 18.8 Å². The zero-order valence-corrected chi connectivity index (χ0v) is 17.9. The maximum atomic E-state index is 12.6. The molecule has 0 saturated heterocycles. The first-order chi connectivity index (χ1) is 11.8. The third-order valence-corrected chi connectivity index (χ3v) is 3.59. The number of benzene rings is 1. The summed E-state index contributed by atoms with van der Waals surface area (Å²) in [5, 5.41) is 3.09. The van der Waals surface area contributed by atoms with Crippen LogP contribution in [0.15, 0.2) is 22.7 Å². The Bertz CT molecular complexity index is 648. The largest absolute Gasteiger partial charge is 0.460 e. The second-order valence-electron chi connectivity index (χ2n) is 8.09. The number of halogens is 1. The van der Waals surface area contributed by atoms with E-state index in [1.54, 1.807) is 53.7 Å². The van der Waals surface area contributed by atoms with Gasteiger partial charge in [0.1, 0.15) is 17.2 Å². The van der Waals surface area contributed by atoms with Crippen LogP contribution in [0.1, 0.15) is 54.4 Å². The van der Waals surface area contributed by atoms with E-state index in [0.717, 1.165) is 4.47 Å². The molecule has 0 aliphatic heterocycles. The number of carbonyl (C=O) groups is 2. The third kappa shape index (κ3) is 8.56. The van der Waals surface area contributed by atoms with Gasteiger partial charge in [0, 0.05) is 10.9 Å². The number of esters is 2. The van der Waals surface area contributed by atoms with Crippen LogP contribution in [0.3, 0.4) is 0 Å². The van der Waals surface area contributed by atoms with Crippen molar-refractivity contribution in [1.82, 2.24) is 0 Å². The lowest BCUT2D eigenvalue weighted by Gasteiger charge is -2.26. The quantitative estimate of drug-likeness (QED) is 0.518. The Morgan fingerprint density at radius 3 is 2.19 bits per heavy atom. The smallest absolute Gasteiger partial charge is 0.329 e. The molecule has 7 heteroatoms. The Labute approximate surface area is 163 Å². The monoisotopic (exact) mass is 428 g/mol. The van der Waals surface area contributed by atoms with Gasteiger partial charge in [-0.3, -0.25) is 4.79 Å². The Morgan fingerprint density at radius 1 is 1.12 bits per heavy atom. The van der Waals surface area contributed by atoms with Crippen molar-refractivity contribution in [1.29, 1.82) is 0 Å². The molecule has 0 aromatic heterocycles. The van der Waals surface area contributed by atoms with Crippen molar-refractivity contribution in [2.75, 3.05) is 11.1 Å². The first kappa shape index (κ1) is 22.3. The number of rotatable bonds is 6. The number of carbonyl (C=O) groups excluding carboxylic acids is 2. The van der Waals surface area contributed by atoms with E-state index >= 15 is 0 Å². The van der Waals surface area contributed by atoms with Crippen molar-refractivity contribution in [2.45, 2.75) is 71.6 Å². The maximum Gasteiger partial charge on any atom is 0.329 e. The molecule has 0 aliphatic rings. The number of nitrogens with two attached hydrogens (primary N) is 1. The summed E-state index contributed by atoms with van der Waals surface area (Å²) >= 11 is 3.35. The fraction of sp³-hybridized carbons (Fsp3) is 0.579. The summed E-state index contributed by atoms with van der Waals surface area (Å²) in [6.07, 6.45) is 0.323. The van der Waals surface area contributed by atoms with Crippen LogP contribution in [0, 0.1) is 0 Å². The van der Waals surface area contributed by atoms with E-state index in [0.29, 0.717) is 11.4 Å². The zero-order valence-electron chi connectivity index (χ0n) is 16.3. The molecular weight excluding hydrogens is 400 g/mol. The maximum absolute atomic E-state index is 12.6. The summed E-state index contributed by atoms with van der Waals surface area (Å²) in [7, 11) is 0. The molecule has 26 heavy (non-hydrogen) atoms. The molecule has 1 aromatic rings. The van der Waals surface area contributed by atoms with Crippen LogP contribution in [0.25, 0.3) is 0 Å². The van der Waals surface area contributed by atoms with Crippen LogP contribution in [0.4, 0.5) is 11.4 Å². The molecule has 1 rings (SSSR count). The SMILES string of the molecule is CC(C)(C)OC(=O)CCC(Nc1ccc(Br)cc1N)C(=O)OC(C)(C)C. The Balaban J connectivity index is 2.88. The molecular formula is C19H29BrN2O4. The minimum absolute atomic E-state index is 0.0879. The third-order valence-electron chi connectivity index (χ3n) is 3.09. The lowest BCUT2D eigenvalue weighted by molar-refractivity contribution is -0.157. The zero-order chi connectivity index (χ0) is 20.1. The molecule has 0 radical (unpaired) electrons. The van der Waals surface area contributed by atoms with Crippen molar-refractivity contribution >= 4 is 39.2 Å². The van der Waals surface area contributed by atoms with E-state index < -0.39 is 23.2 Å². The normalized spacial score (nSPS) is 13.0. The first-order valence-corrected chi connectivity index (χ1v) is 9.32.